The molecule has 0 saturated carbocycles. The van der Waals surface area contributed by atoms with Crippen molar-refractivity contribution in [2.75, 3.05) is 12.4 Å². The highest BCUT2D eigenvalue weighted by atomic mass is 16.6. The molecule has 0 aliphatic heterocycles. The number of hydrogen-bond acceptors (Lipinski definition) is 4. The maximum absolute atomic E-state index is 12.9. The van der Waals surface area contributed by atoms with E-state index in [0.29, 0.717) is 11.4 Å². The van der Waals surface area contributed by atoms with Gasteiger partial charge in [-0.3, -0.25) is 9.69 Å². The van der Waals surface area contributed by atoms with Gasteiger partial charge in [0.25, 0.3) is 0 Å². The lowest BCUT2D eigenvalue weighted by molar-refractivity contribution is -0.121. The standard InChI is InChI=1S/C22H28N2O4/c1-16(20(25)23-18-13-9-10-14-19(18)27-5)24(21(26)28-22(2,3)4)15-17-11-7-6-8-12-17/h6-14,16H,15H2,1-5H3,(H,23,25)/t16-/m0/s1. The van der Waals surface area contributed by atoms with Gasteiger partial charge in [0.1, 0.15) is 17.4 Å². The van der Waals surface area contributed by atoms with Crippen molar-refractivity contribution in [1.29, 1.82) is 0 Å². The summed E-state index contributed by atoms with van der Waals surface area (Å²) in [7, 11) is 1.54. The van der Waals surface area contributed by atoms with E-state index < -0.39 is 17.7 Å². The van der Waals surface area contributed by atoms with E-state index in [2.05, 4.69) is 5.32 Å². The minimum absolute atomic E-state index is 0.260. The number of benzene rings is 2. The second-order valence-electron chi connectivity index (χ2n) is 7.46. The Morgan fingerprint density at radius 3 is 2.25 bits per heavy atom. The molecule has 0 unspecified atom stereocenters. The predicted molar refractivity (Wildman–Crippen MR) is 109 cm³/mol. The topological polar surface area (TPSA) is 67.9 Å². The van der Waals surface area contributed by atoms with Crippen molar-refractivity contribution in [1.82, 2.24) is 4.90 Å². The summed E-state index contributed by atoms with van der Waals surface area (Å²) in [5.74, 6) is 0.223. The van der Waals surface area contributed by atoms with Crippen LogP contribution in [0, 0.1) is 0 Å². The summed E-state index contributed by atoms with van der Waals surface area (Å²) in [6.07, 6.45) is -0.543. The zero-order valence-electron chi connectivity index (χ0n) is 17.1. The van der Waals surface area contributed by atoms with Gasteiger partial charge < -0.3 is 14.8 Å². The molecular formula is C22H28N2O4. The molecule has 0 aliphatic carbocycles. The van der Waals surface area contributed by atoms with E-state index in [0.717, 1.165) is 5.56 Å². The van der Waals surface area contributed by atoms with Gasteiger partial charge >= 0.3 is 6.09 Å². The fourth-order valence-corrected chi connectivity index (χ4v) is 2.59. The van der Waals surface area contributed by atoms with Gasteiger partial charge in [-0.1, -0.05) is 42.5 Å². The van der Waals surface area contributed by atoms with E-state index >= 15 is 0 Å². The van der Waals surface area contributed by atoms with Gasteiger partial charge in [0.05, 0.1) is 12.8 Å². The Balaban J connectivity index is 2.22. The van der Waals surface area contributed by atoms with E-state index in [-0.39, 0.29) is 12.5 Å². The molecular weight excluding hydrogens is 356 g/mol. The van der Waals surface area contributed by atoms with Gasteiger partial charge in [0, 0.05) is 6.54 Å². The number of methoxy groups -OCH3 is 1. The number of anilines is 1. The Hall–Kier alpha value is -3.02. The fourth-order valence-electron chi connectivity index (χ4n) is 2.59. The normalized spacial score (nSPS) is 12.0. The van der Waals surface area contributed by atoms with Crippen molar-refractivity contribution >= 4 is 17.7 Å². The smallest absolute Gasteiger partial charge is 0.411 e. The Morgan fingerprint density at radius 1 is 1.04 bits per heavy atom. The Morgan fingerprint density at radius 2 is 1.64 bits per heavy atom. The number of carbonyl (C=O) groups excluding carboxylic acids is 2. The maximum Gasteiger partial charge on any atom is 0.411 e. The number of ether oxygens (including phenoxy) is 2. The summed E-state index contributed by atoms with van der Waals surface area (Å²) in [5.41, 5.74) is 0.793. The molecule has 1 atom stereocenters. The number of carbonyl (C=O) groups is 2. The van der Waals surface area contributed by atoms with Crippen molar-refractivity contribution in [3.63, 3.8) is 0 Å². The molecule has 2 amide bonds. The first kappa shape index (κ1) is 21.3. The molecule has 0 spiro atoms. The van der Waals surface area contributed by atoms with Crippen LogP contribution in [0.4, 0.5) is 10.5 Å². The van der Waals surface area contributed by atoms with Crippen LogP contribution in [0.2, 0.25) is 0 Å². The van der Waals surface area contributed by atoms with Crippen molar-refractivity contribution in [2.24, 2.45) is 0 Å². The van der Waals surface area contributed by atoms with Crippen molar-refractivity contribution < 1.29 is 19.1 Å². The second kappa shape index (κ2) is 9.26. The van der Waals surface area contributed by atoms with E-state index in [9.17, 15) is 9.59 Å². The summed E-state index contributed by atoms with van der Waals surface area (Å²) in [5, 5.41) is 2.83. The molecule has 0 radical (unpaired) electrons. The molecule has 2 aromatic carbocycles. The molecule has 0 heterocycles. The molecule has 6 heteroatoms. The number of rotatable bonds is 6. The summed E-state index contributed by atoms with van der Waals surface area (Å²) in [6.45, 7) is 7.33. The minimum Gasteiger partial charge on any atom is -0.495 e. The predicted octanol–water partition coefficient (Wildman–Crippen LogP) is 4.46. The quantitative estimate of drug-likeness (QED) is 0.798. The van der Waals surface area contributed by atoms with Crippen molar-refractivity contribution in [3.8, 4) is 5.75 Å². The Labute approximate surface area is 166 Å². The lowest BCUT2D eigenvalue weighted by Crippen LogP contribution is -2.47. The largest absolute Gasteiger partial charge is 0.495 e. The van der Waals surface area contributed by atoms with E-state index in [1.54, 1.807) is 45.9 Å². The number of hydrogen-bond donors (Lipinski definition) is 1. The molecule has 1 N–H and O–H groups in total. The van der Waals surface area contributed by atoms with E-state index in [4.69, 9.17) is 9.47 Å². The van der Waals surface area contributed by atoms with Gasteiger partial charge in [-0.15, -0.1) is 0 Å². The first-order chi connectivity index (χ1) is 13.2. The van der Waals surface area contributed by atoms with Crippen LogP contribution in [0.25, 0.3) is 0 Å². The molecule has 150 valence electrons. The van der Waals surface area contributed by atoms with Gasteiger partial charge in [-0.25, -0.2) is 4.79 Å². The van der Waals surface area contributed by atoms with Gasteiger partial charge in [-0.2, -0.15) is 0 Å². The van der Waals surface area contributed by atoms with Crippen LogP contribution in [0.15, 0.2) is 54.6 Å². The van der Waals surface area contributed by atoms with Gasteiger partial charge in [0.15, 0.2) is 0 Å². The first-order valence-corrected chi connectivity index (χ1v) is 9.18. The molecule has 28 heavy (non-hydrogen) atoms. The Bertz CT molecular complexity index is 800. The van der Waals surface area contributed by atoms with Gasteiger partial charge in [0.2, 0.25) is 5.91 Å². The molecule has 0 aliphatic rings. The molecule has 0 saturated heterocycles. The first-order valence-electron chi connectivity index (χ1n) is 9.18. The molecule has 0 fully saturated rings. The summed E-state index contributed by atoms with van der Waals surface area (Å²) in [4.78, 5) is 27.1. The summed E-state index contributed by atoms with van der Waals surface area (Å²) >= 11 is 0. The highest BCUT2D eigenvalue weighted by Crippen LogP contribution is 2.24. The van der Waals surface area contributed by atoms with E-state index in [1.807, 2.05) is 36.4 Å². The zero-order chi connectivity index (χ0) is 20.7. The average Bonchev–Trinajstić information content (AvgIpc) is 2.65. The van der Waals surface area contributed by atoms with Crippen LogP contribution in [-0.4, -0.2) is 35.7 Å². The third-order valence-electron chi connectivity index (χ3n) is 4.04. The minimum atomic E-state index is -0.750. The van der Waals surface area contributed by atoms with Crippen LogP contribution in [0.5, 0.6) is 5.75 Å². The molecule has 0 bridgehead atoms. The Kier molecular flexibility index (Phi) is 7.04. The van der Waals surface area contributed by atoms with Crippen molar-refractivity contribution in [3.05, 3.63) is 60.2 Å². The number of nitrogens with one attached hydrogen (secondary N) is 1. The lowest BCUT2D eigenvalue weighted by Gasteiger charge is -2.31. The average molecular weight is 384 g/mol. The fraction of sp³-hybridized carbons (Fsp3) is 0.364. The maximum atomic E-state index is 12.9. The highest BCUT2D eigenvalue weighted by molar-refractivity contribution is 5.97. The van der Waals surface area contributed by atoms with Crippen LogP contribution < -0.4 is 10.1 Å². The molecule has 2 rings (SSSR count). The highest BCUT2D eigenvalue weighted by Gasteiger charge is 2.30. The third kappa shape index (κ3) is 6.01. The number of nitrogens with zero attached hydrogens (tertiary/aromatic N) is 1. The molecule has 6 nitrogen and oxygen atoms in total. The summed E-state index contributed by atoms with van der Waals surface area (Å²) in [6, 6.07) is 15.9. The monoisotopic (exact) mass is 384 g/mol. The zero-order valence-corrected chi connectivity index (χ0v) is 17.1. The third-order valence-corrected chi connectivity index (χ3v) is 4.04. The lowest BCUT2D eigenvalue weighted by atomic mass is 10.1. The van der Waals surface area contributed by atoms with Crippen LogP contribution in [0.3, 0.4) is 0 Å². The van der Waals surface area contributed by atoms with Crippen LogP contribution in [0.1, 0.15) is 33.3 Å². The van der Waals surface area contributed by atoms with Crippen LogP contribution >= 0.6 is 0 Å². The molecule has 0 aromatic heterocycles. The SMILES string of the molecule is COc1ccccc1NC(=O)[C@H](C)N(Cc1ccccc1)C(=O)OC(C)(C)C. The van der Waals surface area contributed by atoms with Crippen LogP contribution in [-0.2, 0) is 16.1 Å². The van der Waals surface area contributed by atoms with Crippen molar-refractivity contribution in [2.45, 2.75) is 45.9 Å². The second-order valence-corrected chi connectivity index (χ2v) is 7.46. The molecule has 2 aromatic rings. The number of para-hydroxylation sites is 2. The summed E-state index contributed by atoms with van der Waals surface area (Å²) < 4.78 is 10.8. The van der Waals surface area contributed by atoms with E-state index in [1.165, 1.54) is 12.0 Å². The number of amides is 2. The van der Waals surface area contributed by atoms with Gasteiger partial charge in [-0.05, 0) is 45.4 Å².